The number of aromatic amines is 1. The maximum Gasteiger partial charge on any atom is 0.355 e. The molecule has 0 unspecified atom stereocenters. The quantitative estimate of drug-likeness (QED) is 0.817. The monoisotopic (exact) mass is 366 g/mol. The molecule has 0 saturated carbocycles. The third-order valence-corrected chi connectivity index (χ3v) is 4.29. The van der Waals surface area contributed by atoms with Crippen LogP contribution in [-0.2, 0) is 11.3 Å². The highest BCUT2D eigenvalue weighted by atomic mass is 35.5. The Hall–Kier alpha value is -2.34. The van der Waals surface area contributed by atoms with E-state index in [1.54, 1.807) is 33.9 Å². The van der Waals surface area contributed by atoms with Gasteiger partial charge in [-0.05, 0) is 38.5 Å². The fourth-order valence-corrected chi connectivity index (χ4v) is 2.88. The van der Waals surface area contributed by atoms with Gasteiger partial charge in [-0.1, -0.05) is 17.7 Å². The summed E-state index contributed by atoms with van der Waals surface area (Å²) in [5.74, 6) is -1.31. The molecule has 0 radical (unpaired) electrons. The number of hydrogen-bond acceptors (Lipinski definition) is 3. The number of esters is 1. The number of nitrogens with one attached hydrogen (secondary N) is 1. The molecule has 0 aliphatic carbocycles. The highest BCUT2D eigenvalue weighted by molar-refractivity contribution is 6.31. The number of hydrogen-bond donors (Lipinski definition) is 1. The van der Waals surface area contributed by atoms with E-state index in [1.807, 2.05) is 0 Å². The van der Waals surface area contributed by atoms with Gasteiger partial charge in [0.15, 0.2) is 0 Å². The van der Waals surface area contributed by atoms with Gasteiger partial charge in [0.05, 0.1) is 12.2 Å². The first-order valence-electron chi connectivity index (χ1n) is 7.82. The second-order valence-electron chi connectivity index (χ2n) is 5.71. The van der Waals surface area contributed by atoms with Gasteiger partial charge < -0.3 is 14.6 Å². The molecule has 7 heteroatoms. The van der Waals surface area contributed by atoms with Crippen molar-refractivity contribution in [3.05, 3.63) is 57.1 Å². The Morgan fingerprint density at radius 3 is 2.60 bits per heavy atom. The number of aromatic nitrogens is 1. The highest BCUT2D eigenvalue weighted by Gasteiger charge is 2.25. The molecule has 0 saturated heterocycles. The van der Waals surface area contributed by atoms with Crippen LogP contribution >= 0.6 is 11.6 Å². The van der Waals surface area contributed by atoms with Crippen LogP contribution in [0.2, 0.25) is 5.02 Å². The summed E-state index contributed by atoms with van der Waals surface area (Å²) < 4.78 is 18.9. The molecule has 1 heterocycles. The van der Waals surface area contributed by atoms with E-state index >= 15 is 0 Å². The Balaban J connectivity index is 2.30. The molecule has 1 amide bonds. The van der Waals surface area contributed by atoms with Gasteiger partial charge >= 0.3 is 5.97 Å². The zero-order valence-electron chi connectivity index (χ0n) is 14.6. The van der Waals surface area contributed by atoms with E-state index in [4.69, 9.17) is 16.3 Å². The van der Waals surface area contributed by atoms with E-state index in [-0.39, 0.29) is 35.3 Å². The molecule has 1 aromatic heterocycles. The Labute approximate surface area is 150 Å². The van der Waals surface area contributed by atoms with Gasteiger partial charge in [0.1, 0.15) is 11.5 Å². The normalized spacial score (nSPS) is 10.6. The number of amides is 1. The number of nitrogens with zero attached hydrogens (tertiary/aromatic N) is 1. The lowest BCUT2D eigenvalue weighted by atomic mass is 10.1. The number of halogens is 2. The van der Waals surface area contributed by atoms with Crippen molar-refractivity contribution in [1.82, 2.24) is 9.88 Å². The molecule has 0 fully saturated rings. The molecule has 25 heavy (non-hydrogen) atoms. The van der Waals surface area contributed by atoms with Crippen molar-refractivity contribution in [1.29, 1.82) is 0 Å². The zero-order valence-corrected chi connectivity index (χ0v) is 15.3. The zero-order chi connectivity index (χ0) is 18.7. The second kappa shape index (κ2) is 7.70. The van der Waals surface area contributed by atoms with Crippen molar-refractivity contribution >= 4 is 23.5 Å². The summed E-state index contributed by atoms with van der Waals surface area (Å²) in [5.41, 5.74) is 1.93. The summed E-state index contributed by atoms with van der Waals surface area (Å²) in [4.78, 5) is 29.0. The first-order chi connectivity index (χ1) is 11.8. The summed E-state index contributed by atoms with van der Waals surface area (Å²) in [6.07, 6.45) is 0. The highest BCUT2D eigenvalue weighted by Crippen LogP contribution is 2.24. The lowest BCUT2D eigenvalue weighted by Gasteiger charge is -2.19. The smallest absolute Gasteiger partial charge is 0.355 e. The van der Waals surface area contributed by atoms with Gasteiger partial charge in [-0.15, -0.1) is 0 Å². The van der Waals surface area contributed by atoms with Crippen molar-refractivity contribution in [3.8, 4) is 0 Å². The number of ether oxygens (including phenoxy) is 1. The second-order valence-corrected chi connectivity index (χ2v) is 6.11. The molecule has 1 aromatic carbocycles. The molecule has 0 bridgehead atoms. The van der Waals surface area contributed by atoms with Gasteiger partial charge in [0.2, 0.25) is 0 Å². The van der Waals surface area contributed by atoms with E-state index in [1.165, 1.54) is 17.0 Å². The molecule has 0 atom stereocenters. The number of H-pyrrole nitrogens is 1. The van der Waals surface area contributed by atoms with E-state index in [0.29, 0.717) is 16.8 Å². The van der Waals surface area contributed by atoms with Crippen LogP contribution in [0.4, 0.5) is 4.39 Å². The number of carbonyl (C=O) groups excluding carboxylic acids is 2. The third kappa shape index (κ3) is 3.85. The predicted octanol–water partition coefficient (Wildman–Crippen LogP) is 3.87. The average Bonchev–Trinajstić information content (AvgIpc) is 2.85. The van der Waals surface area contributed by atoms with Gasteiger partial charge in [-0.25, -0.2) is 9.18 Å². The summed E-state index contributed by atoms with van der Waals surface area (Å²) >= 11 is 6.02. The summed E-state index contributed by atoms with van der Waals surface area (Å²) in [5, 5.41) is 0.259. The van der Waals surface area contributed by atoms with Crippen molar-refractivity contribution in [2.45, 2.75) is 27.3 Å². The molecule has 0 aliphatic heterocycles. The molecule has 0 spiro atoms. The first-order valence-corrected chi connectivity index (χ1v) is 8.20. The van der Waals surface area contributed by atoms with E-state index < -0.39 is 11.8 Å². The number of rotatable bonds is 5. The van der Waals surface area contributed by atoms with Crippen LogP contribution in [0, 0.1) is 19.7 Å². The summed E-state index contributed by atoms with van der Waals surface area (Å²) in [7, 11) is 1.56. The van der Waals surface area contributed by atoms with Crippen LogP contribution in [0.1, 0.15) is 44.6 Å². The lowest BCUT2D eigenvalue weighted by Crippen LogP contribution is -2.27. The van der Waals surface area contributed by atoms with Gasteiger partial charge in [-0.3, -0.25) is 4.79 Å². The fourth-order valence-electron chi connectivity index (χ4n) is 2.66. The maximum absolute atomic E-state index is 13.9. The molecular formula is C18H20ClFN2O3. The fraction of sp³-hybridized carbons (Fsp3) is 0.333. The van der Waals surface area contributed by atoms with Crippen LogP contribution < -0.4 is 0 Å². The Bertz CT molecular complexity index is 797. The van der Waals surface area contributed by atoms with Crippen LogP contribution in [-0.4, -0.2) is 35.4 Å². The minimum absolute atomic E-state index is 0.0170. The molecule has 0 aliphatic rings. The molecule has 134 valence electrons. The van der Waals surface area contributed by atoms with Crippen molar-refractivity contribution in [3.63, 3.8) is 0 Å². The van der Waals surface area contributed by atoms with E-state index in [2.05, 4.69) is 4.98 Å². The SMILES string of the molecule is CCOC(=O)c1[nH]c(C)c(C(=O)N(C)Cc2c(F)cccc2Cl)c1C. The number of carbonyl (C=O) groups is 2. The van der Waals surface area contributed by atoms with Crippen molar-refractivity contribution in [2.75, 3.05) is 13.7 Å². The van der Waals surface area contributed by atoms with Crippen LogP contribution in [0.25, 0.3) is 0 Å². The Morgan fingerprint density at radius 1 is 1.32 bits per heavy atom. The molecule has 2 aromatic rings. The number of aryl methyl sites for hydroxylation is 1. The Kier molecular flexibility index (Phi) is 5.85. The van der Waals surface area contributed by atoms with Crippen molar-refractivity contribution < 1.29 is 18.7 Å². The maximum atomic E-state index is 13.9. The minimum Gasteiger partial charge on any atom is -0.461 e. The standard InChI is InChI=1S/C18H20ClFN2O3/c1-5-25-18(24)16-10(2)15(11(3)21-16)17(23)22(4)9-12-13(19)7-6-8-14(12)20/h6-8,21H,5,9H2,1-4H3. The molecule has 1 N–H and O–H groups in total. The van der Waals surface area contributed by atoms with Crippen LogP contribution in [0.15, 0.2) is 18.2 Å². The Morgan fingerprint density at radius 2 is 2.00 bits per heavy atom. The molecular weight excluding hydrogens is 347 g/mol. The largest absolute Gasteiger partial charge is 0.461 e. The first kappa shape index (κ1) is 19.0. The summed E-state index contributed by atoms with van der Waals surface area (Å²) in [6.45, 7) is 5.34. The molecule has 2 rings (SSSR count). The van der Waals surface area contributed by atoms with E-state index in [9.17, 15) is 14.0 Å². The van der Waals surface area contributed by atoms with Crippen LogP contribution in [0.5, 0.6) is 0 Å². The predicted molar refractivity (Wildman–Crippen MR) is 93.4 cm³/mol. The van der Waals surface area contributed by atoms with Gasteiger partial charge in [-0.2, -0.15) is 0 Å². The number of benzene rings is 1. The van der Waals surface area contributed by atoms with Gasteiger partial charge in [0, 0.05) is 29.9 Å². The lowest BCUT2D eigenvalue weighted by molar-refractivity contribution is 0.0519. The summed E-state index contributed by atoms with van der Waals surface area (Å²) in [6, 6.07) is 4.38. The molecule has 5 nitrogen and oxygen atoms in total. The van der Waals surface area contributed by atoms with E-state index in [0.717, 1.165) is 0 Å². The third-order valence-electron chi connectivity index (χ3n) is 3.93. The van der Waals surface area contributed by atoms with Crippen LogP contribution in [0.3, 0.4) is 0 Å². The van der Waals surface area contributed by atoms with Crippen molar-refractivity contribution in [2.24, 2.45) is 0 Å². The minimum atomic E-state index is -0.512. The van der Waals surface area contributed by atoms with Gasteiger partial charge in [0.25, 0.3) is 5.91 Å². The topological polar surface area (TPSA) is 62.4 Å². The average molecular weight is 367 g/mol.